The van der Waals surface area contributed by atoms with Crippen LogP contribution < -0.4 is 0 Å². The number of aliphatic hydroxyl groups is 2. The van der Waals surface area contributed by atoms with Gasteiger partial charge in [0.2, 0.25) is 0 Å². The normalized spacial score (nSPS) is 25.3. The first kappa shape index (κ1) is 26.8. The second kappa shape index (κ2) is 14.7. The van der Waals surface area contributed by atoms with Gasteiger partial charge >= 0.3 is 5.97 Å². The van der Waals surface area contributed by atoms with Gasteiger partial charge in [0.05, 0.1) is 18.1 Å². The molecule has 0 aliphatic heterocycles. The zero-order valence-corrected chi connectivity index (χ0v) is 19.3. The molecule has 0 saturated heterocycles. The molecule has 1 fully saturated rings. The van der Waals surface area contributed by atoms with Crippen LogP contribution in [-0.4, -0.2) is 39.3 Å². The molecule has 1 rings (SSSR count). The predicted molar refractivity (Wildman–Crippen MR) is 120 cm³/mol. The van der Waals surface area contributed by atoms with Crippen LogP contribution in [0.4, 0.5) is 0 Å². The summed E-state index contributed by atoms with van der Waals surface area (Å²) in [4.78, 5) is 23.5. The molecule has 174 valence electrons. The number of aliphatic hydroxyl groups excluding tert-OH is 2. The number of carbonyl (C=O) groups excluding carboxylic acids is 1. The molecule has 0 radical (unpaired) electrons. The summed E-state index contributed by atoms with van der Waals surface area (Å²) < 4.78 is 0. The van der Waals surface area contributed by atoms with Gasteiger partial charge < -0.3 is 15.3 Å². The third-order valence-electron chi connectivity index (χ3n) is 6.68. The van der Waals surface area contributed by atoms with Crippen LogP contribution in [0.2, 0.25) is 0 Å². The number of rotatable bonds is 16. The lowest BCUT2D eigenvalue weighted by molar-refractivity contribution is -0.143. The molecule has 0 aromatic carbocycles. The maximum Gasteiger partial charge on any atom is 0.306 e. The van der Waals surface area contributed by atoms with Gasteiger partial charge in [-0.1, -0.05) is 58.6 Å². The lowest BCUT2D eigenvalue weighted by Gasteiger charge is -2.22. The summed E-state index contributed by atoms with van der Waals surface area (Å²) in [6.07, 6.45) is 12.7. The Balaban J connectivity index is 2.40. The van der Waals surface area contributed by atoms with E-state index in [1.54, 1.807) is 0 Å². The molecular weight excluding hydrogens is 380 g/mol. The summed E-state index contributed by atoms with van der Waals surface area (Å²) in [5.74, 6) is -0.791. The Morgan fingerprint density at radius 1 is 0.967 bits per heavy atom. The van der Waals surface area contributed by atoms with Crippen molar-refractivity contribution in [2.45, 2.75) is 110 Å². The first-order valence-electron chi connectivity index (χ1n) is 12.0. The molecule has 3 N–H and O–H groups in total. The van der Waals surface area contributed by atoms with Gasteiger partial charge in [0, 0.05) is 12.8 Å². The fourth-order valence-corrected chi connectivity index (χ4v) is 4.67. The standard InChI is InChI=1S/C25H44O5/c1-4-5-6-7-9-12-19(26)15-16-22-21(23(27)17-24(22)28)14-11-8-10-13-20(18(2)3)25(29)30/h8,11,18,20-24,27-28H,4-7,9-10,12-17H2,1-3H3,(H,29,30)/b11-8-/t20?,21-,22-,23+,24-/m1/s1. The molecule has 0 bridgehead atoms. The summed E-state index contributed by atoms with van der Waals surface area (Å²) in [6, 6.07) is 0. The Hall–Kier alpha value is -1.20. The van der Waals surface area contributed by atoms with Crippen LogP contribution in [0.1, 0.15) is 97.8 Å². The minimum Gasteiger partial charge on any atom is -0.481 e. The number of allylic oxidation sites excluding steroid dienone is 2. The van der Waals surface area contributed by atoms with Crippen LogP contribution in [0.5, 0.6) is 0 Å². The highest BCUT2D eigenvalue weighted by Gasteiger charge is 2.40. The van der Waals surface area contributed by atoms with Crippen LogP contribution in [-0.2, 0) is 9.59 Å². The van der Waals surface area contributed by atoms with Gasteiger partial charge in [-0.05, 0) is 56.3 Å². The summed E-state index contributed by atoms with van der Waals surface area (Å²) in [7, 11) is 0. The number of carboxylic acid groups (broad SMARTS) is 1. The first-order valence-corrected chi connectivity index (χ1v) is 12.0. The quantitative estimate of drug-likeness (QED) is 0.236. The van der Waals surface area contributed by atoms with Crippen molar-refractivity contribution in [1.82, 2.24) is 0 Å². The van der Waals surface area contributed by atoms with E-state index in [4.69, 9.17) is 0 Å². The summed E-state index contributed by atoms with van der Waals surface area (Å²) in [5, 5.41) is 30.0. The van der Waals surface area contributed by atoms with Crippen molar-refractivity contribution in [1.29, 1.82) is 0 Å². The van der Waals surface area contributed by atoms with Gasteiger partial charge in [-0.15, -0.1) is 0 Å². The molecule has 1 saturated carbocycles. The zero-order valence-electron chi connectivity index (χ0n) is 19.3. The van der Waals surface area contributed by atoms with Crippen molar-refractivity contribution in [2.75, 3.05) is 0 Å². The molecule has 0 aromatic heterocycles. The number of unbranched alkanes of at least 4 members (excludes halogenated alkanes) is 4. The average Bonchev–Trinajstić information content (AvgIpc) is 2.94. The maximum atomic E-state index is 12.2. The third kappa shape index (κ3) is 9.74. The number of hydrogen-bond donors (Lipinski definition) is 3. The second-order valence-electron chi connectivity index (χ2n) is 9.41. The van der Waals surface area contributed by atoms with Crippen molar-refractivity contribution in [3.8, 4) is 0 Å². The van der Waals surface area contributed by atoms with Gasteiger partial charge in [0.25, 0.3) is 0 Å². The average molecular weight is 425 g/mol. The topological polar surface area (TPSA) is 94.8 Å². The molecule has 0 amide bonds. The Labute approximate surface area is 183 Å². The van der Waals surface area contributed by atoms with Crippen molar-refractivity contribution in [3.05, 3.63) is 12.2 Å². The summed E-state index contributed by atoms with van der Waals surface area (Å²) >= 11 is 0. The fraction of sp³-hybridized carbons (Fsp3) is 0.840. The number of aliphatic carboxylic acids is 1. The summed E-state index contributed by atoms with van der Waals surface area (Å²) in [5.41, 5.74) is 0. The highest BCUT2D eigenvalue weighted by atomic mass is 16.4. The van der Waals surface area contributed by atoms with E-state index in [1.807, 2.05) is 26.0 Å². The van der Waals surface area contributed by atoms with Crippen LogP contribution >= 0.6 is 0 Å². The monoisotopic (exact) mass is 424 g/mol. The van der Waals surface area contributed by atoms with E-state index >= 15 is 0 Å². The molecule has 0 heterocycles. The largest absolute Gasteiger partial charge is 0.481 e. The molecule has 0 aromatic rings. The molecular formula is C25H44O5. The number of ketones is 1. The van der Waals surface area contributed by atoms with Gasteiger partial charge in [0.1, 0.15) is 5.78 Å². The highest BCUT2D eigenvalue weighted by Crippen LogP contribution is 2.38. The molecule has 1 aliphatic carbocycles. The number of carboxylic acids is 1. The van der Waals surface area contributed by atoms with E-state index in [0.29, 0.717) is 44.9 Å². The van der Waals surface area contributed by atoms with E-state index in [-0.39, 0.29) is 29.5 Å². The minimum atomic E-state index is -0.747. The summed E-state index contributed by atoms with van der Waals surface area (Å²) in [6.45, 7) is 6.03. The Morgan fingerprint density at radius 3 is 2.27 bits per heavy atom. The highest BCUT2D eigenvalue weighted by molar-refractivity contribution is 5.78. The van der Waals surface area contributed by atoms with Crippen molar-refractivity contribution >= 4 is 11.8 Å². The smallest absolute Gasteiger partial charge is 0.306 e. The van der Waals surface area contributed by atoms with E-state index in [0.717, 1.165) is 12.8 Å². The van der Waals surface area contributed by atoms with Gasteiger partial charge in [-0.3, -0.25) is 9.59 Å². The number of Topliss-reactive ketones (excluding diaryl/α,β-unsaturated/α-hetero) is 1. The van der Waals surface area contributed by atoms with Crippen LogP contribution in [0.3, 0.4) is 0 Å². The second-order valence-corrected chi connectivity index (χ2v) is 9.41. The van der Waals surface area contributed by atoms with Gasteiger partial charge in [-0.2, -0.15) is 0 Å². The first-order chi connectivity index (χ1) is 14.3. The zero-order chi connectivity index (χ0) is 22.5. The van der Waals surface area contributed by atoms with Crippen LogP contribution in [0.15, 0.2) is 12.2 Å². The van der Waals surface area contributed by atoms with Gasteiger partial charge in [0.15, 0.2) is 0 Å². The van der Waals surface area contributed by atoms with E-state index in [2.05, 4.69) is 6.92 Å². The molecule has 5 nitrogen and oxygen atoms in total. The molecule has 5 atom stereocenters. The molecule has 1 aliphatic rings. The number of hydrogen-bond acceptors (Lipinski definition) is 4. The van der Waals surface area contributed by atoms with Crippen LogP contribution in [0.25, 0.3) is 0 Å². The molecule has 0 spiro atoms. The third-order valence-corrected chi connectivity index (χ3v) is 6.68. The van der Waals surface area contributed by atoms with Gasteiger partial charge in [-0.25, -0.2) is 0 Å². The van der Waals surface area contributed by atoms with Crippen molar-refractivity contribution in [2.24, 2.45) is 23.7 Å². The maximum absolute atomic E-state index is 12.2. The Kier molecular flexibility index (Phi) is 13.2. The lowest BCUT2D eigenvalue weighted by Crippen LogP contribution is -2.22. The van der Waals surface area contributed by atoms with Crippen molar-refractivity contribution < 1.29 is 24.9 Å². The Bertz CT molecular complexity index is 528. The lowest BCUT2D eigenvalue weighted by atomic mass is 9.85. The van der Waals surface area contributed by atoms with E-state index < -0.39 is 18.2 Å². The fourth-order valence-electron chi connectivity index (χ4n) is 4.67. The van der Waals surface area contributed by atoms with E-state index in [9.17, 15) is 24.9 Å². The number of carbonyl (C=O) groups is 2. The molecule has 30 heavy (non-hydrogen) atoms. The molecule has 1 unspecified atom stereocenters. The van der Waals surface area contributed by atoms with Crippen LogP contribution in [0, 0.1) is 23.7 Å². The van der Waals surface area contributed by atoms with E-state index in [1.165, 1.54) is 19.3 Å². The minimum absolute atomic E-state index is 0.0334. The van der Waals surface area contributed by atoms with Crippen molar-refractivity contribution in [3.63, 3.8) is 0 Å². The molecule has 5 heteroatoms. The predicted octanol–water partition coefficient (Wildman–Crippen LogP) is 5.14. The Morgan fingerprint density at radius 2 is 1.63 bits per heavy atom. The SMILES string of the molecule is CCCCCCCC(=O)CC[C@@H]1[C@@H](C/C=C\CCC(C(=O)O)C(C)C)[C@@H](O)C[C@H]1O.